The molecule has 0 aliphatic heterocycles. The van der Waals surface area contributed by atoms with Crippen molar-refractivity contribution in [1.82, 2.24) is 0 Å². The molecule has 0 saturated heterocycles. The van der Waals surface area contributed by atoms with Crippen LogP contribution in [0, 0.1) is 29.1 Å². The van der Waals surface area contributed by atoms with E-state index in [9.17, 15) is 15.3 Å². The zero-order valence-electron chi connectivity index (χ0n) is 18.8. The van der Waals surface area contributed by atoms with Crippen molar-refractivity contribution in [2.75, 3.05) is 0 Å². The summed E-state index contributed by atoms with van der Waals surface area (Å²) >= 11 is 0. The number of hydrogen-bond donors (Lipinski definition) is 3. The summed E-state index contributed by atoms with van der Waals surface area (Å²) in [5.41, 5.74) is 3.63. The highest BCUT2D eigenvalue weighted by Gasteiger charge is 2.50. The van der Waals surface area contributed by atoms with Crippen LogP contribution in [0.15, 0.2) is 47.6 Å². The van der Waals surface area contributed by atoms with Gasteiger partial charge < -0.3 is 15.3 Å². The Balaban J connectivity index is 1.48. The van der Waals surface area contributed by atoms with E-state index >= 15 is 0 Å². The summed E-state index contributed by atoms with van der Waals surface area (Å²) in [5, 5.41) is 30.4. The van der Waals surface area contributed by atoms with Gasteiger partial charge >= 0.3 is 0 Å². The molecule has 7 atom stereocenters. The highest BCUT2D eigenvalue weighted by atomic mass is 16.3. The maximum atomic E-state index is 10.2. The topological polar surface area (TPSA) is 60.7 Å². The first-order chi connectivity index (χ1) is 14.3. The van der Waals surface area contributed by atoms with Gasteiger partial charge in [0.2, 0.25) is 0 Å². The molecule has 0 aromatic carbocycles. The van der Waals surface area contributed by atoms with Crippen LogP contribution in [0.1, 0.15) is 71.6 Å². The van der Waals surface area contributed by atoms with E-state index < -0.39 is 12.2 Å². The summed E-state index contributed by atoms with van der Waals surface area (Å²) in [6.45, 7) is 8.88. The van der Waals surface area contributed by atoms with Gasteiger partial charge in [-0.2, -0.15) is 0 Å². The maximum Gasteiger partial charge on any atom is 0.0811 e. The molecule has 0 amide bonds. The summed E-state index contributed by atoms with van der Waals surface area (Å²) in [7, 11) is 0. The van der Waals surface area contributed by atoms with Crippen LogP contribution in [0.25, 0.3) is 0 Å². The molecule has 0 aromatic rings. The second kappa shape index (κ2) is 8.76. The minimum absolute atomic E-state index is 0.250. The lowest BCUT2D eigenvalue weighted by atomic mass is 9.61. The smallest absolute Gasteiger partial charge is 0.0811 e. The van der Waals surface area contributed by atoms with Crippen molar-refractivity contribution in [3.63, 3.8) is 0 Å². The molecule has 3 heteroatoms. The van der Waals surface area contributed by atoms with E-state index in [4.69, 9.17) is 0 Å². The molecule has 0 bridgehead atoms. The van der Waals surface area contributed by atoms with Gasteiger partial charge in [-0.3, -0.25) is 0 Å². The normalized spacial score (nSPS) is 42.1. The van der Waals surface area contributed by atoms with Crippen molar-refractivity contribution in [3.05, 3.63) is 47.6 Å². The minimum Gasteiger partial charge on any atom is -0.393 e. The van der Waals surface area contributed by atoms with Crippen molar-refractivity contribution in [2.45, 2.75) is 89.9 Å². The third-order valence-electron chi connectivity index (χ3n) is 8.65. The van der Waals surface area contributed by atoms with E-state index in [1.165, 1.54) is 44.1 Å². The largest absolute Gasteiger partial charge is 0.393 e. The van der Waals surface area contributed by atoms with E-state index in [1.54, 1.807) is 0 Å². The zero-order chi connectivity index (χ0) is 21.5. The lowest BCUT2D eigenvalue weighted by molar-refractivity contribution is 0.0862. The van der Waals surface area contributed by atoms with Crippen molar-refractivity contribution in [1.29, 1.82) is 0 Å². The summed E-state index contributed by atoms with van der Waals surface area (Å²) in [6, 6.07) is 0. The average Bonchev–Trinajstić information content (AvgIpc) is 3.49. The zero-order valence-corrected chi connectivity index (χ0v) is 18.8. The second-order valence-electron chi connectivity index (χ2n) is 10.7. The Bertz CT molecular complexity index is 743. The molecule has 4 fully saturated rings. The third kappa shape index (κ3) is 4.40. The summed E-state index contributed by atoms with van der Waals surface area (Å²) in [6.07, 6.45) is 16.9. The molecule has 166 valence electrons. The average molecular weight is 413 g/mol. The lowest BCUT2D eigenvalue weighted by Crippen LogP contribution is -2.35. The molecular formula is C27H40O3. The summed E-state index contributed by atoms with van der Waals surface area (Å²) in [4.78, 5) is 0. The summed E-state index contributed by atoms with van der Waals surface area (Å²) in [5.74, 6) is 2.28. The van der Waals surface area contributed by atoms with Gasteiger partial charge in [-0.15, -0.1) is 0 Å². The fourth-order valence-electron chi connectivity index (χ4n) is 6.63. The lowest BCUT2D eigenvalue weighted by Gasteiger charge is -2.44. The van der Waals surface area contributed by atoms with Gasteiger partial charge in [0.25, 0.3) is 0 Å². The quantitative estimate of drug-likeness (QED) is 0.551. The van der Waals surface area contributed by atoms with Gasteiger partial charge in [0.15, 0.2) is 0 Å². The minimum atomic E-state index is -0.621. The molecule has 0 radical (unpaired) electrons. The number of rotatable bonds is 5. The predicted octanol–water partition coefficient (Wildman–Crippen LogP) is 5.09. The Morgan fingerprint density at radius 1 is 1.10 bits per heavy atom. The highest BCUT2D eigenvalue weighted by molar-refractivity contribution is 5.38. The van der Waals surface area contributed by atoms with Gasteiger partial charge in [0, 0.05) is 6.42 Å². The number of hydrogen-bond acceptors (Lipinski definition) is 3. The van der Waals surface area contributed by atoms with Gasteiger partial charge in [-0.1, -0.05) is 50.3 Å². The van der Waals surface area contributed by atoms with E-state index in [2.05, 4.69) is 44.7 Å². The van der Waals surface area contributed by atoms with Crippen LogP contribution < -0.4 is 0 Å². The molecule has 0 heterocycles. The molecule has 0 aromatic heterocycles. The SMILES string of the molecule is C=C1/C(=C/C=C2CCC[C@]3(C)[C@@H]([C@H](C)/C=C/[C@@H](O)C4CC4)CC[C@@H]23)C[C@@H](O)C[C@@H]1O. The van der Waals surface area contributed by atoms with Crippen LogP contribution in [0.3, 0.4) is 0 Å². The number of allylic oxidation sites excluding steroid dienone is 4. The number of aliphatic hydroxyl groups is 3. The fraction of sp³-hybridized carbons (Fsp3) is 0.704. The highest BCUT2D eigenvalue weighted by Crippen LogP contribution is 2.59. The maximum absolute atomic E-state index is 10.2. The van der Waals surface area contributed by atoms with Gasteiger partial charge in [0.05, 0.1) is 18.3 Å². The van der Waals surface area contributed by atoms with Crippen LogP contribution >= 0.6 is 0 Å². The molecular weight excluding hydrogens is 372 g/mol. The van der Waals surface area contributed by atoms with Gasteiger partial charge in [-0.25, -0.2) is 0 Å². The Labute approximate surface area is 182 Å². The molecule has 4 aliphatic carbocycles. The first kappa shape index (κ1) is 22.0. The van der Waals surface area contributed by atoms with Gasteiger partial charge in [0.1, 0.15) is 0 Å². The Morgan fingerprint density at radius 2 is 1.87 bits per heavy atom. The molecule has 30 heavy (non-hydrogen) atoms. The predicted molar refractivity (Wildman–Crippen MR) is 122 cm³/mol. The number of fused-ring (bicyclic) bond motifs is 1. The third-order valence-corrected chi connectivity index (χ3v) is 8.65. The molecule has 4 aliphatic rings. The Kier molecular flexibility index (Phi) is 6.44. The van der Waals surface area contributed by atoms with Crippen molar-refractivity contribution >= 4 is 0 Å². The fourth-order valence-corrected chi connectivity index (χ4v) is 6.63. The standard InChI is InChI=1S/C27H40O3/c1-17(6-13-25(29)20-8-9-20)23-11-12-24-19(5-4-14-27(23,24)3)7-10-21-15-22(28)16-26(30)18(21)2/h6-7,10,13,17,20,22-26,28-30H,2,4-5,8-9,11-12,14-16H2,1,3H3/b13-6+,19-7?,21-10+/t17-,22-,23-,24+,25-,26+,27-/m1/s1. The van der Waals surface area contributed by atoms with Crippen LogP contribution in [-0.4, -0.2) is 33.6 Å². The van der Waals surface area contributed by atoms with E-state index in [0.717, 1.165) is 17.6 Å². The molecule has 3 N–H and O–H groups in total. The van der Waals surface area contributed by atoms with E-state index in [0.29, 0.717) is 41.9 Å². The van der Waals surface area contributed by atoms with Crippen LogP contribution in [-0.2, 0) is 0 Å². The molecule has 0 unspecified atom stereocenters. The molecule has 4 rings (SSSR count). The molecule has 3 nitrogen and oxygen atoms in total. The summed E-state index contributed by atoms with van der Waals surface area (Å²) < 4.78 is 0. The first-order valence-corrected chi connectivity index (χ1v) is 12.1. The monoisotopic (exact) mass is 412 g/mol. The van der Waals surface area contributed by atoms with Crippen molar-refractivity contribution in [2.24, 2.45) is 29.1 Å². The second-order valence-corrected chi connectivity index (χ2v) is 10.7. The van der Waals surface area contributed by atoms with Gasteiger partial charge in [-0.05, 0) is 91.6 Å². The molecule has 4 saturated carbocycles. The van der Waals surface area contributed by atoms with E-state index in [-0.39, 0.29) is 6.10 Å². The Hall–Kier alpha value is -1.16. The van der Waals surface area contributed by atoms with E-state index in [1.807, 2.05) is 0 Å². The van der Waals surface area contributed by atoms with Crippen molar-refractivity contribution in [3.8, 4) is 0 Å². The van der Waals surface area contributed by atoms with Crippen molar-refractivity contribution < 1.29 is 15.3 Å². The first-order valence-electron chi connectivity index (χ1n) is 12.1. The number of aliphatic hydroxyl groups excluding tert-OH is 3. The molecule has 0 spiro atoms. The van der Waals surface area contributed by atoms with Crippen LogP contribution in [0.4, 0.5) is 0 Å². The van der Waals surface area contributed by atoms with Crippen LogP contribution in [0.2, 0.25) is 0 Å². The van der Waals surface area contributed by atoms with Crippen LogP contribution in [0.5, 0.6) is 0 Å². The Morgan fingerprint density at radius 3 is 2.60 bits per heavy atom.